The number of amides is 1. The number of carbonyl (C=O) groups excluding carboxylic acids is 1. The predicted molar refractivity (Wildman–Crippen MR) is 100 cm³/mol. The summed E-state index contributed by atoms with van der Waals surface area (Å²) in [4.78, 5) is 12.1. The molecule has 3 rings (SSSR count). The predicted octanol–water partition coefficient (Wildman–Crippen LogP) is 2.45. The maximum atomic E-state index is 12.1. The summed E-state index contributed by atoms with van der Waals surface area (Å²) in [6.07, 6.45) is 0.507. The first-order chi connectivity index (χ1) is 13.0. The summed E-state index contributed by atoms with van der Waals surface area (Å²) in [5.74, 6) is 0.0527. The highest BCUT2D eigenvalue weighted by molar-refractivity contribution is 7.99. The molecular weight excluding hydrogens is 392 g/mol. The van der Waals surface area contributed by atoms with Gasteiger partial charge in [-0.3, -0.25) is 4.79 Å². The molecular formula is C17H15ClN4O4S. The van der Waals surface area contributed by atoms with Crippen molar-refractivity contribution in [3.63, 3.8) is 0 Å². The van der Waals surface area contributed by atoms with Gasteiger partial charge in [0.1, 0.15) is 5.69 Å². The minimum absolute atomic E-state index is 0.00530. The number of quaternary nitrogens is 1. The monoisotopic (exact) mass is 406 g/mol. The number of halogens is 1. The van der Waals surface area contributed by atoms with Gasteiger partial charge >= 0.3 is 0 Å². The second-order valence-corrected chi connectivity index (χ2v) is 6.82. The van der Waals surface area contributed by atoms with E-state index in [1.807, 2.05) is 30.3 Å². The fourth-order valence-corrected chi connectivity index (χ4v) is 3.01. The van der Waals surface area contributed by atoms with Crippen molar-refractivity contribution in [1.29, 1.82) is 0 Å². The molecule has 0 saturated carbocycles. The molecule has 140 valence electrons. The fraction of sp³-hybridized carbons (Fsp3) is 0.118. The van der Waals surface area contributed by atoms with Crippen LogP contribution < -0.4 is 10.5 Å². The number of benzene rings is 2. The second kappa shape index (κ2) is 8.98. The van der Waals surface area contributed by atoms with E-state index in [1.165, 1.54) is 18.2 Å². The molecule has 8 nitrogen and oxygen atoms in total. The molecule has 0 aliphatic carbocycles. The van der Waals surface area contributed by atoms with Gasteiger partial charge in [-0.15, -0.1) is 10.2 Å². The van der Waals surface area contributed by atoms with Gasteiger partial charge in [0.2, 0.25) is 11.8 Å². The van der Waals surface area contributed by atoms with Crippen molar-refractivity contribution < 1.29 is 19.6 Å². The summed E-state index contributed by atoms with van der Waals surface area (Å²) in [7, 11) is 0. The maximum Gasteiger partial charge on any atom is 0.277 e. The summed E-state index contributed by atoms with van der Waals surface area (Å²) in [6.45, 7) is 0. The minimum atomic E-state index is -1.18. The molecule has 0 bridgehead atoms. The molecule has 1 atom stereocenters. The van der Waals surface area contributed by atoms with E-state index < -0.39 is 11.1 Å². The van der Waals surface area contributed by atoms with Gasteiger partial charge in [-0.05, 0) is 17.7 Å². The summed E-state index contributed by atoms with van der Waals surface area (Å²) in [5.41, 5.74) is 1.14. The zero-order valence-electron chi connectivity index (χ0n) is 13.9. The third-order valence-corrected chi connectivity index (χ3v) is 4.51. The van der Waals surface area contributed by atoms with Crippen molar-refractivity contribution in [2.75, 3.05) is 11.1 Å². The molecule has 0 saturated heterocycles. The smallest absolute Gasteiger partial charge is 0.277 e. The zero-order valence-corrected chi connectivity index (χ0v) is 15.5. The summed E-state index contributed by atoms with van der Waals surface area (Å²) in [6, 6.07) is 13.9. The zero-order chi connectivity index (χ0) is 19.2. The number of anilines is 1. The van der Waals surface area contributed by atoms with E-state index in [0.29, 0.717) is 12.3 Å². The SMILES string of the molecule is O=C(CSc1nnc(Cc2ccccc2)o1)Nc1ccc(Cl)cc1[NH+]([O-])O. The summed E-state index contributed by atoms with van der Waals surface area (Å²) < 4.78 is 5.52. The highest BCUT2D eigenvalue weighted by Crippen LogP contribution is 2.23. The van der Waals surface area contributed by atoms with Crippen LogP contribution in [-0.4, -0.2) is 27.1 Å². The van der Waals surface area contributed by atoms with Gasteiger partial charge in [0, 0.05) is 11.1 Å². The Balaban J connectivity index is 1.56. The Morgan fingerprint density at radius 2 is 2.04 bits per heavy atom. The standard InChI is InChI=1S/C17H15ClN4O4S/c18-12-6-7-13(14(9-12)22(24)25)19-15(23)10-27-17-21-20-16(26-17)8-11-4-2-1-3-5-11/h1-7,9,22,24H,8,10H2,(H,19,23). The molecule has 0 radical (unpaired) electrons. The molecule has 0 spiro atoms. The molecule has 0 aliphatic rings. The van der Waals surface area contributed by atoms with Crippen LogP contribution in [0, 0.1) is 5.21 Å². The molecule has 0 fully saturated rings. The van der Waals surface area contributed by atoms with Crippen LogP contribution in [0.1, 0.15) is 11.5 Å². The van der Waals surface area contributed by atoms with E-state index in [0.717, 1.165) is 17.3 Å². The van der Waals surface area contributed by atoms with E-state index in [1.54, 1.807) is 0 Å². The summed E-state index contributed by atoms with van der Waals surface area (Å²) >= 11 is 6.86. The van der Waals surface area contributed by atoms with Gasteiger partial charge in [0.05, 0.1) is 12.2 Å². The number of nitrogens with one attached hydrogen (secondary N) is 2. The van der Waals surface area contributed by atoms with Crippen LogP contribution in [-0.2, 0) is 11.2 Å². The lowest BCUT2D eigenvalue weighted by atomic mass is 10.2. The van der Waals surface area contributed by atoms with Crippen LogP contribution in [0.15, 0.2) is 58.2 Å². The quantitative estimate of drug-likeness (QED) is 0.407. The van der Waals surface area contributed by atoms with E-state index >= 15 is 0 Å². The fourth-order valence-electron chi connectivity index (χ4n) is 2.25. The highest BCUT2D eigenvalue weighted by Gasteiger charge is 2.15. The first kappa shape index (κ1) is 19.3. The Kier molecular flexibility index (Phi) is 6.43. The number of hydrogen-bond donors (Lipinski definition) is 3. The topological polar surface area (TPSA) is 116 Å². The van der Waals surface area contributed by atoms with Crippen LogP contribution in [0.3, 0.4) is 0 Å². The van der Waals surface area contributed by atoms with Gasteiger partial charge < -0.3 is 14.9 Å². The van der Waals surface area contributed by atoms with E-state index in [4.69, 9.17) is 16.0 Å². The molecule has 27 heavy (non-hydrogen) atoms. The number of hydrogen-bond acceptors (Lipinski definition) is 7. The Labute approximate surface area is 163 Å². The van der Waals surface area contributed by atoms with E-state index in [9.17, 15) is 15.2 Å². The van der Waals surface area contributed by atoms with Crippen molar-refractivity contribution in [1.82, 2.24) is 10.2 Å². The third-order valence-electron chi connectivity index (χ3n) is 3.46. The van der Waals surface area contributed by atoms with Gasteiger partial charge in [-0.1, -0.05) is 53.7 Å². The van der Waals surface area contributed by atoms with Gasteiger partial charge in [-0.25, -0.2) is 5.21 Å². The van der Waals surface area contributed by atoms with Gasteiger partial charge in [-0.2, -0.15) is 5.23 Å². The Hall–Kier alpha value is -2.43. The van der Waals surface area contributed by atoms with Crippen molar-refractivity contribution in [2.24, 2.45) is 0 Å². The van der Waals surface area contributed by atoms with Crippen molar-refractivity contribution >= 4 is 40.6 Å². The molecule has 3 N–H and O–H groups in total. The average molecular weight is 407 g/mol. The molecule has 1 heterocycles. The van der Waals surface area contributed by atoms with Gasteiger partial charge in [0.15, 0.2) is 5.69 Å². The molecule has 1 aromatic heterocycles. The number of carbonyl (C=O) groups is 1. The van der Waals surface area contributed by atoms with Crippen molar-refractivity contribution in [2.45, 2.75) is 11.6 Å². The lowest BCUT2D eigenvalue weighted by Gasteiger charge is -2.16. The van der Waals surface area contributed by atoms with E-state index in [-0.39, 0.29) is 27.4 Å². The Bertz CT molecular complexity index is 920. The van der Waals surface area contributed by atoms with Crippen LogP contribution >= 0.6 is 23.4 Å². The molecule has 10 heteroatoms. The first-order valence-corrected chi connectivity index (χ1v) is 9.19. The average Bonchev–Trinajstić information content (AvgIpc) is 3.09. The maximum absolute atomic E-state index is 12.1. The lowest BCUT2D eigenvalue weighted by Crippen LogP contribution is -2.99. The normalized spacial score (nSPS) is 12.0. The Morgan fingerprint density at radius 3 is 2.78 bits per heavy atom. The number of aromatic nitrogens is 2. The number of nitrogens with zero attached hydrogens (tertiary/aromatic N) is 2. The van der Waals surface area contributed by atoms with Crippen molar-refractivity contribution in [3.8, 4) is 0 Å². The summed E-state index contributed by atoms with van der Waals surface area (Å²) in [5, 5.41) is 30.2. The molecule has 1 amide bonds. The third kappa shape index (κ3) is 5.52. The number of rotatable bonds is 7. The molecule has 3 aromatic rings. The minimum Gasteiger partial charge on any atom is -0.595 e. The molecule has 0 aliphatic heterocycles. The molecule has 1 unspecified atom stereocenters. The second-order valence-electron chi connectivity index (χ2n) is 5.46. The largest absolute Gasteiger partial charge is 0.595 e. The Morgan fingerprint density at radius 1 is 1.26 bits per heavy atom. The van der Waals surface area contributed by atoms with Crippen LogP contribution in [0.5, 0.6) is 0 Å². The number of thioether (sulfide) groups is 1. The van der Waals surface area contributed by atoms with Crippen molar-refractivity contribution in [3.05, 3.63) is 70.2 Å². The van der Waals surface area contributed by atoms with Crippen LogP contribution in [0.4, 0.5) is 11.4 Å². The molecule has 2 aromatic carbocycles. The lowest BCUT2D eigenvalue weighted by molar-refractivity contribution is -0.990. The van der Waals surface area contributed by atoms with Crippen LogP contribution in [0.25, 0.3) is 0 Å². The van der Waals surface area contributed by atoms with E-state index in [2.05, 4.69) is 15.5 Å². The highest BCUT2D eigenvalue weighted by atomic mass is 35.5. The van der Waals surface area contributed by atoms with Crippen LogP contribution in [0.2, 0.25) is 5.02 Å². The first-order valence-electron chi connectivity index (χ1n) is 7.83. The van der Waals surface area contributed by atoms with Gasteiger partial charge in [0.25, 0.3) is 5.22 Å².